The summed E-state index contributed by atoms with van der Waals surface area (Å²) in [5.74, 6) is 2.63. The van der Waals surface area contributed by atoms with Crippen molar-refractivity contribution in [1.82, 2.24) is 0 Å². The number of ketones is 1. The fraction of sp³-hybridized carbons (Fsp3) is 0.706. The molecule has 1 aromatic rings. The van der Waals surface area contributed by atoms with Gasteiger partial charge in [-0.1, -0.05) is 13.8 Å². The van der Waals surface area contributed by atoms with Crippen molar-refractivity contribution in [3.63, 3.8) is 0 Å². The zero-order chi connectivity index (χ0) is 13.4. The Morgan fingerprint density at radius 2 is 2.05 bits per heavy atom. The lowest BCUT2D eigenvalue weighted by molar-refractivity contribution is -0.126. The molecule has 0 amide bonds. The lowest BCUT2D eigenvalue weighted by atomic mass is 9.70. The molecule has 104 valence electrons. The Labute approximate surface area is 120 Å². The SMILES string of the molecule is CC1CCC(C(=O)C2CCCc3sccc32)CC1C. The van der Waals surface area contributed by atoms with Crippen molar-refractivity contribution in [2.75, 3.05) is 0 Å². The van der Waals surface area contributed by atoms with E-state index in [4.69, 9.17) is 0 Å². The van der Waals surface area contributed by atoms with Crippen molar-refractivity contribution < 1.29 is 4.79 Å². The van der Waals surface area contributed by atoms with E-state index in [9.17, 15) is 4.79 Å². The summed E-state index contributed by atoms with van der Waals surface area (Å²) in [6.45, 7) is 4.66. The van der Waals surface area contributed by atoms with E-state index in [1.54, 1.807) is 0 Å². The summed E-state index contributed by atoms with van der Waals surface area (Å²) in [6.07, 6.45) is 6.96. The molecule has 2 aliphatic carbocycles. The molecule has 1 fully saturated rings. The van der Waals surface area contributed by atoms with Crippen LogP contribution in [0.3, 0.4) is 0 Å². The average molecular weight is 276 g/mol. The minimum absolute atomic E-state index is 0.223. The molecule has 0 saturated heterocycles. The first-order valence-corrected chi connectivity index (χ1v) is 8.64. The maximum Gasteiger partial charge on any atom is 0.143 e. The summed E-state index contributed by atoms with van der Waals surface area (Å²) in [4.78, 5) is 14.3. The van der Waals surface area contributed by atoms with Crippen molar-refractivity contribution >= 4 is 17.1 Å². The number of aryl methyl sites for hydroxylation is 1. The van der Waals surface area contributed by atoms with E-state index in [0.717, 1.165) is 25.2 Å². The summed E-state index contributed by atoms with van der Waals surface area (Å²) >= 11 is 1.84. The first-order valence-electron chi connectivity index (χ1n) is 7.76. The van der Waals surface area contributed by atoms with Crippen LogP contribution in [0.1, 0.15) is 62.3 Å². The topological polar surface area (TPSA) is 17.1 Å². The second-order valence-electron chi connectivity index (χ2n) is 6.61. The standard InChI is InChI=1S/C17H24OS/c1-11-6-7-13(10-12(11)2)17(18)15-4-3-5-16-14(15)8-9-19-16/h8-9,11-13,15H,3-7,10H2,1-2H3. The van der Waals surface area contributed by atoms with Gasteiger partial charge >= 0.3 is 0 Å². The van der Waals surface area contributed by atoms with Gasteiger partial charge in [-0.05, 0) is 67.4 Å². The molecule has 0 N–H and O–H groups in total. The molecule has 0 aliphatic heterocycles. The zero-order valence-electron chi connectivity index (χ0n) is 12.0. The van der Waals surface area contributed by atoms with Gasteiger partial charge < -0.3 is 0 Å². The van der Waals surface area contributed by atoms with Gasteiger partial charge in [0.05, 0.1) is 0 Å². The van der Waals surface area contributed by atoms with E-state index >= 15 is 0 Å². The molecule has 2 heteroatoms. The minimum atomic E-state index is 0.223. The highest BCUT2D eigenvalue weighted by molar-refractivity contribution is 7.10. The molecule has 1 nitrogen and oxygen atoms in total. The molecule has 2 aliphatic rings. The Hall–Kier alpha value is -0.630. The Morgan fingerprint density at radius 3 is 2.84 bits per heavy atom. The molecule has 0 spiro atoms. The van der Waals surface area contributed by atoms with E-state index in [0.29, 0.717) is 17.6 Å². The van der Waals surface area contributed by atoms with Gasteiger partial charge in [-0.3, -0.25) is 4.79 Å². The van der Waals surface area contributed by atoms with Gasteiger partial charge in [0, 0.05) is 16.7 Å². The number of hydrogen-bond acceptors (Lipinski definition) is 2. The van der Waals surface area contributed by atoms with Gasteiger partial charge in [-0.2, -0.15) is 0 Å². The molecule has 4 unspecified atom stereocenters. The zero-order valence-corrected chi connectivity index (χ0v) is 12.8. The molecule has 4 atom stereocenters. The van der Waals surface area contributed by atoms with Crippen molar-refractivity contribution in [2.45, 2.75) is 58.3 Å². The molecular weight excluding hydrogens is 252 g/mol. The van der Waals surface area contributed by atoms with Crippen LogP contribution in [-0.4, -0.2) is 5.78 Å². The van der Waals surface area contributed by atoms with Gasteiger partial charge in [-0.25, -0.2) is 0 Å². The van der Waals surface area contributed by atoms with Crippen LogP contribution in [0.15, 0.2) is 11.4 Å². The van der Waals surface area contributed by atoms with Gasteiger partial charge in [0.2, 0.25) is 0 Å². The highest BCUT2D eigenvalue weighted by Crippen LogP contribution is 2.41. The summed E-state index contributed by atoms with van der Waals surface area (Å²) in [7, 11) is 0. The predicted octanol–water partition coefficient (Wildman–Crippen LogP) is 4.81. The average Bonchev–Trinajstić information content (AvgIpc) is 2.89. The van der Waals surface area contributed by atoms with Crippen molar-refractivity contribution in [1.29, 1.82) is 0 Å². The van der Waals surface area contributed by atoms with Crippen molar-refractivity contribution in [3.05, 3.63) is 21.9 Å². The summed E-state index contributed by atoms with van der Waals surface area (Å²) in [5, 5.41) is 2.17. The van der Waals surface area contributed by atoms with Gasteiger partial charge in [0.25, 0.3) is 0 Å². The Bertz CT molecular complexity index is 462. The summed E-state index contributed by atoms with van der Waals surface area (Å²) in [6, 6.07) is 2.20. The smallest absolute Gasteiger partial charge is 0.143 e. The van der Waals surface area contributed by atoms with Crippen LogP contribution in [0, 0.1) is 17.8 Å². The van der Waals surface area contributed by atoms with Gasteiger partial charge in [0.1, 0.15) is 5.78 Å². The maximum atomic E-state index is 12.9. The van der Waals surface area contributed by atoms with E-state index < -0.39 is 0 Å². The molecule has 0 aromatic carbocycles. The van der Waals surface area contributed by atoms with Crippen LogP contribution >= 0.6 is 11.3 Å². The third-order valence-electron chi connectivity index (χ3n) is 5.40. The lowest BCUT2D eigenvalue weighted by Gasteiger charge is -2.34. The fourth-order valence-corrected chi connectivity index (χ4v) is 4.86. The number of thiophene rings is 1. The minimum Gasteiger partial charge on any atom is -0.299 e. The highest BCUT2D eigenvalue weighted by Gasteiger charge is 2.35. The molecule has 1 aromatic heterocycles. The van der Waals surface area contributed by atoms with Crippen LogP contribution in [0.4, 0.5) is 0 Å². The van der Waals surface area contributed by atoms with Crippen molar-refractivity contribution in [3.8, 4) is 0 Å². The number of hydrogen-bond donors (Lipinski definition) is 0. The van der Waals surface area contributed by atoms with Crippen molar-refractivity contribution in [2.24, 2.45) is 17.8 Å². The maximum absolute atomic E-state index is 12.9. The molecule has 3 rings (SSSR count). The molecule has 0 radical (unpaired) electrons. The van der Waals surface area contributed by atoms with E-state index in [-0.39, 0.29) is 5.92 Å². The number of fused-ring (bicyclic) bond motifs is 1. The highest BCUT2D eigenvalue weighted by atomic mass is 32.1. The number of rotatable bonds is 2. The van der Waals surface area contributed by atoms with Gasteiger partial charge in [0.15, 0.2) is 0 Å². The number of carbonyl (C=O) groups is 1. The van der Waals surface area contributed by atoms with Crippen LogP contribution in [0.5, 0.6) is 0 Å². The van der Waals surface area contributed by atoms with Crippen LogP contribution < -0.4 is 0 Å². The first-order chi connectivity index (χ1) is 9.16. The normalized spacial score (nSPS) is 34.8. The number of Topliss-reactive ketones (excluding diaryl/α,β-unsaturated/α-hetero) is 1. The second kappa shape index (κ2) is 5.40. The van der Waals surface area contributed by atoms with E-state index in [1.807, 2.05) is 11.3 Å². The Kier molecular flexibility index (Phi) is 3.79. The van der Waals surface area contributed by atoms with Crippen LogP contribution in [0.25, 0.3) is 0 Å². The molecule has 0 bridgehead atoms. The monoisotopic (exact) mass is 276 g/mol. The fourth-order valence-electron chi connectivity index (χ4n) is 3.87. The number of carbonyl (C=O) groups excluding carboxylic acids is 1. The second-order valence-corrected chi connectivity index (χ2v) is 7.61. The van der Waals surface area contributed by atoms with Crippen LogP contribution in [-0.2, 0) is 11.2 Å². The molecule has 1 heterocycles. The summed E-state index contributed by atoms with van der Waals surface area (Å²) < 4.78 is 0. The lowest BCUT2D eigenvalue weighted by Crippen LogP contribution is -2.30. The molecule has 1 saturated carbocycles. The molecule has 19 heavy (non-hydrogen) atoms. The van der Waals surface area contributed by atoms with Crippen LogP contribution in [0.2, 0.25) is 0 Å². The Morgan fingerprint density at radius 1 is 1.21 bits per heavy atom. The Balaban J connectivity index is 1.75. The molecular formula is C17H24OS. The third kappa shape index (κ3) is 2.52. The third-order valence-corrected chi connectivity index (χ3v) is 6.39. The largest absolute Gasteiger partial charge is 0.299 e. The predicted molar refractivity (Wildman–Crippen MR) is 80.7 cm³/mol. The van der Waals surface area contributed by atoms with Gasteiger partial charge in [-0.15, -0.1) is 11.3 Å². The van der Waals surface area contributed by atoms with E-state index in [1.165, 1.54) is 29.7 Å². The first kappa shape index (κ1) is 13.4. The summed E-state index contributed by atoms with van der Waals surface area (Å²) in [5.41, 5.74) is 1.37. The van der Waals surface area contributed by atoms with E-state index in [2.05, 4.69) is 25.3 Å². The quantitative estimate of drug-likeness (QED) is 0.757.